The number of hydrogen-bond donors (Lipinski definition) is 2. The maximum Gasteiger partial charge on any atom is 0.263 e. The molecule has 1 unspecified atom stereocenters. The molecule has 0 spiro atoms. The predicted octanol–water partition coefficient (Wildman–Crippen LogP) is 0.962. The van der Waals surface area contributed by atoms with Gasteiger partial charge in [-0.05, 0) is 6.07 Å². The SMILES string of the molecule is Nc1n[nH]c2ccn(CC3CC3(F)F)c(=O)c12. The zero-order valence-electron chi connectivity index (χ0n) is 8.78. The number of nitrogen functional groups attached to an aromatic ring is 1. The summed E-state index contributed by atoms with van der Waals surface area (Å²) in [5.41, 5.74) is 5.68. The third-order valence-corrected chi connectivity index (χ3v) is 3.09. The van der Waals surface area contributed by atoms with Gasteiger partial charge in [0.15, 0.2) is 5.82 Å². The molecule has 3 rings (SSSR count). The lowest BCUT2D eigenvalue weighted by Gasteiger charge is -2.04. The number of fused-ring (bicyclic) bond motifs is 1. The highest BCUT2D eigenvalue weighted by atomic mass is 19.3. The first kappa shape index (κ1) is 10.2. The summed E-state index contributed by atoms with van der Waals surface area (Å²) in [4.78, 5) is 12.0. The molecular formula is C10H10F2N4O. The number of aromatic nitrogens is 3. The Balaban J connectivity index is 2.03. The van der Waals surface area contributed by atoms with Gasteiger partial charge in [-0.3, -0.25) is 9.89 Å². The molecule has 0 aromatic carbocycles. The number of halogens is 2. The van der Waals surface area contributed by atoms with Crippen molar-refractivity contribution in [3.8, 4) is 0 Å². The summed E-state index contributed by atoms with van der Waals surface area (Å²) in [6, 6.07) is 1.61. The maximum absolute atomic E-state index is 12.8. The van der Waals surface area contributed by atoms with Crippen molar-refractivity contribution in [1.29, 1.82) is 0 Å². The molecule has 90 valence electrons. The molecule has 1 fully saturated rings. The van der Waals surface area contributed by atoms with Crippen molar-refractivity contribution in [3.63, 3.8) is 0 Å². The first-order chi connectivity index (χ1) is 7.99. The average molecular weight is 240 g/mol. The third kappa shape index (κ3) is 1.49. The minimum atomic E-state index is -2.63. The lowest BCUT2D eigenvalue weighted by atomic mass is 10.3. The zero-order chi connectivity index (χ0) is 12.2. The molecule has 2 aromatic rings. The van der Waals surface area contributed by atoms with Crippen molar-refractivity contribution in [2.45, 2.75) is 18.9 Å². The molecule has 0 amide bonds. The van der Waals surface area contributed by atoms with E-state index in [9.17, 15) is 13.6 Å². The summed E-state index contributed by atoms with van der Waals surface area (Å²) >= 11 is 0. The monoisotopic (exact) mass is 240 g/mol. The number of alkyl halides is 2. The Morgan fingerprint density at radius 3 is 3.00 bits per heavy atom. The van der Waals surface area contributed by atoms with Gasteiger partial charge in [-0.25, -0.2) is 8.78 Å². The smallest absolute Gasteiger partial charge is 0.263 e. The summed E-state index contributed by atoms with van der Waals surface area (Å²) in [6.45, 7) is 0.0202. The Bertz CT molecular complexity index is 645. The van der Waals surface area contributed by atoms with E-state index in [-0.39, 0.29) is 29.7 Å². The zero-order valence-corrected chi connectivity index (χ0v) is 8.78. The largest absolute Gasteiger partial charge is 0.382 e. The van der Waals surface area contributed by atoms with Crippen LogP contribution in [0.5, 0.6) is 0 Å². The van der Waals surface area contributed by atoms with Crippen LogP contribution in [0, 0.1) is 5.92 Å². The Labute approximate surface area is 94.2 Å². The number of nitrogens with one attached hydrogen (secondary N) is 1. The first-order valence-corrected chi connectivity index (χ1v) is 5.20. The van der Waals surface area contributed by atoms with Crippen LogP contribution < -0.4 is 11.3 Å². The van der Waals surface area contributed by atoms with E-state index in [0.717, 1.165) is 0 Å². The van der Waals surface area contributed by atoms with Gasteiger partial charge in [0.1, 0.15) is 5.39 Å². The van der Waals surface area contributed by atoms with Gasteiger partial charge in [0.05, 0.1) is 5.52 Å². The van der Waals surface area contributed by atoms with Crippen molar-refractivity contribution in [2.24, 2.45) is 5.92 Å². The van der Waals surface area contributed by atoms with Crippen molar-refractivity contribution in [1.82, 2.24) is 14.8 Å². The number of rotatable bonds is 2. The maximum atomic E-state index is 12.8. The van der Waals surface area contributed by atoms with Crippen LogP contribution in [0.3, 0.4) is 0 Å². The lowest BCUT2D eigenvalue weighted by Crippen LogP contribution is -2.21. The van der Waals surface area contributed by atoms with Crippen LogP contribution in [0.25, 0.3) is 10.9 Å². The molecule has 1 atom stereocenters. The fourth-order valence-electron chi connectivity index (χ4n) is 1.94. The predicted molar refractivity (Wildman–Crippen MR) is 57.8 cm³/mol. The standard InChI is InChI=1S/C10H10F2N4O/c11-10(12)3-5(10)4-16-2-1-6-7(9(16)17)8(13)15-14-6/h1-2,5H,3-4H2,(H3,13,14,15). The number of aromatic amines is 1. The van der Waals surface area contributed by atoms with Crippen molar-refractivity contribution in [3.05, 3.63) is 22.6 Å². The minimum Gasteiger partial charge on any atom is -0.382 e. The van der Waals surface area contributed by atoms with Gasteiger partial charge in [0.25, 0.3) is 11.5 Å². The van der Waals surface area contributed by atoms with Gasteiger partial charge in [-0.1, -0.05) is 0 Å². The Kier molecular flexibility index (Phi) is 1.84. The van der Waals surface area contributed by atoms with E-state index in [1.807, 2.05) is 0 Å². The van der Waals surface area contributed by atoms with Crippen LogP contribution in [0.4, 0.5) is 14.6 Å². The molecular weight excluding hydrogens is 230 g/mol. The summed E-state index contributed by atoms with van der Waals surface area (Å²) in [5.74, 6) is -3.27. The molecule has 0 bridgehead atoms. The van der Waals surface area contributed by atoms with Gasteiger partial charge in [-0.15, -0.1) is 0 Å². The second kappa shape index (κ2) is 3.06. The van der Waals surface area contributed by atoms with Gasteiger partial charge in [0.2, 0.25) is 0 Å². The molecule has 17 heavy (non-hydrogen) atoms. The second-order valence-electron chi connectivity index (χ2n) is 4.33. The molecule has 1 aliphatic carbocycles. The third-order valence-electron chi connectivity index (χ3n) is 3.09. The molecule has 3 N–H and O–H groups in total. The van der Waals surface area contributed by atoms with E-state index < -0.39 is 11.8 Å². The topological polar surface area (TPSA) is 76.7 Å². The summed E-state index contributed by atoms with van der Waals surface area (Å²) < 4.78 is 26.8. The van der Waals surface area contributed by atoms with Crippen LogP contribution in [0.15, 0.2) is 17.1 Å². The number of nitrogens with two attached hydrogens (primary N) is 1. The molecule has 0 aliphatic heterocycles. The number of anilines is 1. The van der Waals surface area contributed by atoms with Gasteiger partial charge in [-0.2, -0.15) is 5.10 Å². The molecule has 1 saturated carbocycles. The molecule has 2 heterocycles. The van der Waals surface area contributed by atoms with Crippen molar-refractivity contribution >= 4 is 16.7 Å². The Morgan fingerprint density at radius 1 is 1.65 bits per heavy atom. The fourth-order valence-corrected chi connectivity index (χ4v) is 1.94. The van der Waals surface area contributed by atoms with Gasteiger partial charge in [0, 0.05) is 25.1 Å². The second-order valence-corrected chi connectivity index (χ2v) is 4.33. The van der Waals surface area contributed by atoms with Crippen LogP contribution in [0.2, 0.25) is 0 Å². The normalized spacial score (nSPS) is 21.9. The van der Waals surface area contributed by atoms with E-state index in [0.29, 0.717) is 5.52 Å². The van der Waals surface area contributed by atoms with Gasteiger partial charge >= 0.3 is 0 Å². The molecule has 0 saturated heterocycles. The highest BCUT2D eigenvalue weighted by Crippen LogP contribution is 2.49. The summed E-state index contributed by atoms with van der Waals surface area (Å²) in [6.07, 6.45) is 1.33. The number of nitrogens with zero attached hydrogens (tertiary/aromatic N) is 2. The Hall–Kier alpha value is -1.92. The number of H-pyrrole nitrogens is 1. The van der Waals surface area contributed by atoms with E-state index in [1.54, 1.807) is 6.07 Å². The molecule has 2 aromatic heterocycles. The fraction of sp³-hybridized carbons (Fsp3) is 0.400. The molecule has 1 aliphatic rings. The van der Waals surface area contributed by atoms with E-state index in [4.69, 9.17) is 5.73 Å². The van der Waals surface area contributed by atoms with Crippen LogP contribution >= 0.6 is 0 Å². The van der Waals surface area contributed by atoms with Crippen molar-refractivity contribution < 1.29 is 8.78 Å². The highest BCUT2D eigenvalue weighted by Gasteiger charge is 2.56. The van der Waals surface area contributed by atoms with Crippen molar-refractivity contribution in [2.75, 3.05) is 5.73 Å². The van der Waals surface area contributed by atoms with E-state index in [1.165, 1.54) is 10.8 Å². The number of pyridine rings is 1. The van der Waals surface area contributed by atoms with E-state index in [2.05, 4.69) is 10.2 Å². The minimum absolute atomic E-state index is 0.0202. The average Bonchev–Trinajstić information content (AvgIpc) is 2.69. The van der Waals surface area contributed by atoms with Crippen LogP contribution in [0.1, 0.15) is 6.42 Å². The summed E-state index contributed by atoms with van der Waals surface area (Å²) in [7, 11) is 0. The molecule has 5 nitrogen and oxygen atoms in total. The highest BCUT2D eigenvalue weighted by molar-refractivity contribution is 5.87. The quantitative estimate of drug-likeness (QED) is 0.820. The van der Waals surface area contributed by atoms with Crippen LogP contribution in [-0.2, 0) is 6.54 Å². The van der Waals surface area contributed by atoms with E-state index >= 15 is 0 Å². The Morgan fingerprint density at radius 2 is 2.35 bits per heavy atom. The summed E-state index contributed by atoms with van der Waals surface area (Å²) in [5, 5.41) is 6.58. The first-order valence-electron chi connectivity index (χ1n) is 5.20. The van der Waals surface area contributed by atoms with Gasteiger partial charge < -0.3 is 10.3 Å². The number of hydrogen-bond acceptors (Lipinski definition) is 3. The lowest BCUT2D eigenvalue weighted by molar-refractivity contribution is 0.0949. The molecule has 0 radical (unpaired) electrons. The van der Waals surface area contributed by atoms with Crippen LogP contribution in [-0.4, -0.2) is 20.7 Å². The molecule has 7 heteroatoms.